The van der Waals surface area contributed by atoms with Gasteiger partial charge in [-0.15, -0.1) is 0 Å². The lowest BCUT2D eigenvalue weighted by atomic mass is 9.65. The molecule has 31 heavy (non-hydrogen) atoms. The predicted octanol–water partition coefficient (Wildman–Crippen LogP) is 5.00. The standard InChI is InChI=1S/C25H27N3O3/c1-24(2)10-17-11-25(3,12-24)13-28(17)23(29)16-4-6-18-19(8-16)27-22(26-18)15-5-7-20-21(9-15)31-14-30-20/h4-9,17H,10-14H2,1-3H3,(H,26,27). The number of ether oxygens (including phenoxy) is 2. The van der Waals surface area contributed by atoms with Crippen molar-refractivity contribution < 1.29 is 14.3 Å². The maximum Gasteiger partial charge on any atom is 0.254 e. The normalized spacial score (nSPS) is 25.9. The number of likely N-dealkylation sites (tertiary alicyclic amines) is 1. The Balaban J connectivity index is 1.30. The fourth-order valence-corrected chi connectivity index (χ4v) is 6.19. The largest absolute Gasteiger partial charge is 0.454 e. The number of nitrogens with one attached hydrogen (secondary N) is 1. The number of aromatic nitrogens is 2. The van der Waals surface area contributed by atoms with Crippen LogP contribution in [0.2, 0.25) is 0 Å². The number of rotatable bonds is 2. The molecule has 1 aliphatic carbocycles. The Bertz CT molecular complexity index is 1210. The van der Waals surface area contributed by atoms with E-state index in [0.717, 1.165) is 58.9 Å². The molecule has 1 saturated carbocycles. The van der Waals surface area contributed by atoms with Gasteiger partial charge in [-0.2, -0.15) is 0 Å². The second kappa shape index (κ2) is 6.25. The van der Waals surface area contributed by atoms with E-state index in [1.165, 1.54) is 6.42 Å². The highest BCUT2D eigenvalue weighted by Gasteiger charge is 2.51. The van der Waals surface area contributed by atoms with Crippen LogP contribution in [-0.2, 0) is 0 Å². The first kappa shape index (κ1) is 18.7. The van der Waals surface area contributed by atoms with Gasteiger partial charge in [0.2, 0.25) is 6.79 Å². The van der Waals surface area contributed by atoms with Gasteiger partial charge in [0.15, 0.2) is 11.5 Å². The third-order valence-corrected chi connectivity index (χ3v) is 7.05. The maximum atomic E-state index is 13.5. The number of carbonyl (C=O) groups is 1. The highest BCUT2D eigenvalue weighted by atomic mass is 16.7. The summed E-state index contributed by atoms with van der Waals surface area (Å²) in [6, 6.07) is 11.9. The minimum Gasteiger partial charge on any atom is -0.454 e. The number of fused-ring (bicyclic) bond motifs is 4. The summed E-state index contributed by atoms with van der Waals surface area (Å²) in [6.07, 6.45) is 3.37. The van der Waals surface area contributed by atoms with Crippen molar-refractivity contribution in [2.45, 2.75) is 46.1 Å². The van der Waals surface area contributed by atoms with Crippen molar-refractivity contribution in [3.8, 4) is 22.9 Å². The van der Waals surface area contributed by atoms with Crippen molar-refractivity contribution in [2.24, 2.45) is 10.8 Å². The van der Waals surface area contributed by atoms with Crippen molar-refractivity contribution in [3.05, 3.63) is 42.0 Å². The van der Waals surface area contributed by atoms with E-state index < -0.39 is 0 Å². The molecule has 3 aromatic rings. The van der Waals surface area contributed by atoms with Crippen LogP contribution in [0.25, 0.3) is 22.4 Å². The first-order chi connectivity index (χ1) is 14.8. The molecule has 6 nitrogen and oxygen atoms in total. The second-order valence-electron chi connectivity index (χ2n) is 10.5. The second-order valence-corrected chi connectivity index (χ2v) is 10.5. The molecule has 1 aromatic heterocycles. The molecule has 1 saturated heterocycles. The van der Waals surface area contributed by atoms with Crippen LogP contribution in [-0.4, -0.2) is 40.2 Å². The van der Waals surface area contributed by atoms with Gasteiger partial charge in [-0.1, -0.05) is 20.8 Å². The summed E-state index contributed by atoms with van der Waals surface area (Å²) in [6.45, 7) is 8.10. The third-order valence-electron chi connectivity index (χ3n) is 7.05. The highest BCUT2D eigenvalue weighted by Crippen LogP contribution is 2.52. The molecule has 6 heteroatoms. The van der Waals surface area contributed by atoms with Crippen molar-refractivity contribution in [3.63, 3.8) is 0 Å². The molecule has 160 valence electrons. The molecule has 0 radical (unpaired) electrons. The van der Waals surface area contributed by atoms with Crippen LogP contribution in [0.4, 0.5) is 0 Å². The topological polar surface area (TPSA) is 67.5 Å². The number of hydrogen-bond acceptors (Lipinski definition) is 4. The number of carbonyl (C=O) groups excluding carboxylic acids is 1. The summed E-state index contributed by atoms with van der Waals surface area (Å²) in [7, 11) is 0. The number of nitrogens with zero attached hydrogens (tertiary/aromatic N) is 2. The zero-order valence-electron chi connectivity index (χ0n) is 18.2. The maximum absolute atomic E-state index is 13.5. The van der Waals surface area contributed by atoms with Crippen molar-refractivity contribution in [1.29, 1.82) is 0 Å². The summed E-state index contributed by atoms with van der Waals surface area (Å²) in [5, 5.41) is 0. The van der Waals surface area contributed by atoms with Gasteiger partial charge in [0, 0.05) is 23.7 Å². The minimum absolute atomic E-state index is 0.132. The molecule has 2 aromatic carbocycles. The molecule has 2 unspecified atom stereocenters. The molecule has 0 spiro atoms. The Hall–Kier alpha value is -3.02. The molecule has 1 amide bonds. The van der Waals surface area contributed by atoms with Crippen LogP contribution < -0.4 is 9.47 Å². The summed E-state index contributed by atoms with van der Waals surface area (Å²) in [5.41, 5.74) is 3.88. The number of H-pyrrole nitrogens is 1. The van der Waals surface area contributed by atoms with E-state index in [1.807, 2.05) is 36.4 Å². The van der Waals surface area contributed by atoms with Crippen LogP contribution in [0.1, 0.15) is 50.4 Å². The number of benzene rings is 2. The molecule has 2 fully saturated rings. The third kappa shape index (κ3) is 3.08. The molecule has 3 heterocycles. The average molecular weight is 418 g/mol. The van der Waals surface area contributed by atoms with Gasteiger partial charge in [0.25, 0.3) is 5.91 Å². The number of amides is 1. The van der Waals surface area contributed by atoms with Gasteiger partial charge < -0.3 is 19.4 Å². The Morgan fingerprint density at radius 2 is 1.94 bits per heavy atom. The van der Waals surface area contributed by atoms with Crippen LogP contribution in [0.15, 0.2) is 36.4 Å². The van der Waals surface area contributed by atoms with E-state index in [1.54, 1.807) is 0 Å². The molecule has 2 atom stereocenters. The van der Waals surface area contributed by atoms with Crippen LogP contribution in [0, 0.1) is 10.8 Å². The number of hydrogen-bond donors (Lipinski definition) is 1. The molecule has 6 rings (SSSR count). The van der Waals surface area contributed by atoms with E-state index in [4.69, 9.17) is 14.5 Å². The molecule has 2 bridgehead atoms. The molecule has 3 aliphatic rings. The van der Waals surface area contributed by atoms with Gasteiger partial charge in [0.1, 0.15) is 5.82 Å². The summed E-state index contributed by atoms with van der Waals surface area (Å²) in [4.78, 5) is 23.7. The molecule has 2 aliphatic heterocycles. The van der Waals surface area contributed by atoms with Crippen molar-refractivity contribution in [1.82, 2.24) is 14.9 Å². The van der Waals surface area contributed by atoms with Crippen LogP contribution in [0.3, 0.4) is 0 Å². The van der Waals surface area contributed by atoms with Crippen molar-refractivity contribution in [2.75, 3.05) is 13.3 Å². The SMILES string of the molecule is CC1(C)CC2CC(C)(CN2C(=O)c2ccc3nc(-c4ccc5c(c4)OCO5)[nH]c3c2)C1. The minimum atomic E-state index is 0.132. The molecule has 1 N–H and O–H groups in total. The van der Waals surface area contributed by atoms with E-state index in [0.29, 0.717) is 11.5 Å². The van der Waals surface area contributed by atoms with E-state index in [9.17, 15) is 4.79 Å². The Labute approximate surface area is 181 Å². The fourth-order valence-electron chi connectivity index (χ4n) is 6.19. The summed E-state index contributed by atoms with van der Waals surface area (Å²) >= 11 is 0. The van der Waals surface area contributed by atoms with Gasteiger partial charge in [0.05, 0.1) is 11.0 Å². The lowest BCUT2D eigenvalue weighted by molar-refractivity contribution is 0.0708. The lowest BCUT2D eigenvalue weighted by Crippen LogP contribution is -2.37. The van der Waals surface area contributed by atoms with E-state index in [2.05, 4.69) is 30.7 Å². The van der Waals surface area contributed by atoms with E-state index in [-0.39, 0.29) is 18.1 Å². The zero-order chi connectivity index (χ0) is 21.4. The zero-order valence-corrected chi connectivity index (χ0v) is 18.2. The Morgan fingerprint density at radius 1 is 1.10 bits per heavy atom. The summed E-state index contributed by atoms with van der Waals surface area (Å²) in [5.74, 6) is 2.36. The monoisotopic (exact) mass is 417 g/mol. The molecular formula is C25H27N3O3. The summed E-state index contributed by atoms with van der Waals surface area (Å²) < 4.78 is 10.9. The predicted molar refractivity (Wildman–Crippen MR) is 118 cm³/mol. The van der Waals surface area contributed by atoms with E-state index >= 15 is 0 Å². The van der Waals surface area contributed by atoms with Gasteiger partial charge in [-0.25, -0.2) is 4.98 Å². The van der Waals surface area contributed by atoms with Gasteiger partial charge in [-0.05, 0) is 66.5 Å². The Morgan fingerprint density at radius 3 is 2.81 bits per heavy atom. The van der Waals surface area contributed by atoms with Crippen LogP contribution >= 0.6 is 0 Å². The fraction of sp³-hybridized carbons (Fsp3) is 0.440. The van der Waals surface area contributed by atoms with Gasteiger partial charge in [-0.3, -0.25) is 4.79 Å². The quantitative estimate of drug-likeness (QED) is 0.637. The number of aromatic amines is 1. The Kier molecular flexibility index (Phi) is 3.78. The van der Waals surface area contributed by atoms with Crippen molar-refractivity contribution >= 4 is 16.9 Å². The highest BCUT2D eigenvalue weighted by molar-refractivity contribution is 5.98. The molecular weight excluding hydrogens is 390 g/mol. The lowest BCUT2D eigenvalue weighted by Gasteiger charge is -2.39. The number of imidazole rings is 1. The first-order valence-corrected chi connectivity index (χ1v) is 11.0. The smallest absolute Gasteiger partial charge is 0.254 e. The van der Waals surface area contributed by atoms with Gasteiger partial charge >= 0.3 is 0 Å². The average Bonchev–Trinajstić information content (AvgIpc) is 3.40. The first-order valence-electron chi connectivity index (χ1n) is 11.0. The van der Waals surface area contributed by atoms with Crippen LogP contribution in [0.5, 0.6) is 11.5 Å².